The normalized spacial score (nSPS) is 12.2. The quantitative estimate of drug-likeness (QED) is 0.309. The van der Waals surface area contributed by atoms with E-state index in [9.17, 15) is 18.0 Å². The number of carbonyl (C=O) groups is 2. The summed E-state index contributed by atoms with van der Waals surface area (Å²) in [4.78, 5) is 27.5. The summed E-state index contributed by atoms with van der Waals surface area (Å²) in [5.74, 6) is -0.781. The molecule has 0 heterocycles. The molecule has 0 aliphatic carbocycles. The van der Waals surface area contributed by atoms with Gasteiger partial charge in [0.15, 0.2) is 0 Å². The molecule has 0 bridgehead atoms. The number of halogens is 2. The first-order valence-corrected chi connectivity index (χ1v) is 13.9. The van der Waals surface area contributed by atoms with E-state index in [1.165, 1.54) is 4.90 Å². The van der Waals surface area contributed by atoms with Crippen molar-refractivity contribution in [1.82, 2.24) is 10.2 Å². The number of sulfonamides is 1. The van der Waals surface area contributed by atoms with Gasteiger partial charge in [-0.1, -0.05) is 37.1 Å². The molecule has 2 amide bonds. The number of nitrogens with one attached hydrogen (secondary N) is 1. The molecule has 2 rings (SSSR count). The second-order valence-electron chi connectivity index (χ2n) is 7.72. The van der Waals surface area contributed by atoms with Gasteiger partial charge in [-0.25, -0.2) is 8.42 Å². The maximum atomic E-state index is 13.4. The Bertz CT molecular complexity index is 1060. The third kappa shape index (κ3) is 8.46. The first-order chi connectivity index (χ1) is 15.5. The molecular weight excluding hydrogens is 577 g/mol. The fraction of sp³-hybridized carbons (Fsp3) is 0.391. The van der Waals surface area contributed by atoms with E-state index < -0.39 is 28.5 Å². The van der Waals surface area contributed by atoms with Crippen molar-refractivity contribution in [3.8, 4) is 0 Å². The average Bonchev–Trinajstić information content (AvgIpc) is 2.75. The van der Waals surface area contributed by atoms with E-state index in [2.05, 4.69) is 27.9 Å². The fourth-order valence-corrected chi connectivity index (χ4v) is 4.59. The van der Waals surface area contributed by atoms with Gasteiger partial charge in [-0.05, 0) is 77.9 Å². The minimum absolute atomic E-state index is 0.117. The van der Waals surface area contributed by atoms with Crippen LogP contribution in [0, 0.1) is 3.57 Å². The Balaban J connectivity index is 2.33. The molecule has 0 aliphatic rings. The van der Waals surface area contributed by atoms with Crippen molar-refractivity contribution in [3.63, 3.8) is 0 Å². The summed E-state index contributed by atoms with van der Waals surface area (Å²) in [6.07, 6.45) is 2.81. The lowest BCUT2D eigenvalue weighted by atomic mass is 10.1. The number of anilines is 1. The average molecular weight is 606 g/mol. The molecule has 1 N–H and O–H groups in total. The van der Waals surface area contributed by atoms with Crippen LogP contribution in [0.5, 0.6) is 0 Å². The summed E-state index contributed by atoms with van der Waals surface area (Å²) in [7, 11) is -3.74. The van der Waals surface area contributed by atoms with Gasteiger partial charge in [0.25, 0.3) is 0 Å². The van der Waals surface area contributed by atoms with Gasteiger partial charge in [0.1, 0.15) is 12.6 Å². The summed E-state index contributed by atoms with van der Waals surface area (Å²) >= 11 is 8.22. The Morgan fingerprint density at radius 2 is 1.82 bits per heavy atom. The van der Waals surface area contributed by atoms with Crippen LogP contribution in [0.1, 0.15) is 32.3 Å². The van der Waals surface area contributed by atoms with Gasteiger partial charge in [-0.15, -0.1) is 0 Å². The van der Waals surface area contributed by atoms with Gasteiger partial charge >= 0.3 is 0 Å². The van der Waals surface area contributed by atoms with Crippen LogP contribution in [0.3, 0.4) is 0 Å². The summed E-state index contributed by atoms with van der Waals surface area (Å²) in [6.45, 7) is 3.87. The molecule has 0 aliphatic heterocycles. The molecule has 0 saturated heterocycles. The predicted molar refractivity (Wildman–Crippen MR) is 141 cm³/mol. The highest BCUT2D eigenvalue weighted by molar-refractivity contribution is 14.1. The molecule has 180 valence electrons. The Morgan fingerprint density at radius 3 is 2.39 bits per heavy atom. The van der Waals surface area contributed by atoms with E-state index in [0.717, 1.165) is 32.5 Å². The standard InChI is InChI=1S/C23H29ClIN3O4S/c1-4-5-13-26-23(30)17(2)27(15-18-7-6-8-19(24)14-18)22(29)16-28(33(3,31)32)21-11-9-20(25)10-12-21/h6-12,14,17H,4-5,13,15-16H2,1-3H3,(H,26,30). The van der Waals surface area contributed by atoms with Crippen LogP contribution in [0.25, 0.3) is 0 Å². The zero-order chi connectivity index (χ0) is 24.6. The Hall–Kier alpha value is -1.85. The van der Waals surface area contributed by atoms with Gasteiger partial charge in [0.05, 0.1) is 11.9 Å². The second-order valence-corrected chi connectivity index (χ2v) is 11.3. The van der Waals surface area contributed by atoms with Gasteiger partial charge in [-0.2, -0.15) is 0 Å². The summed E-state index contributed by atoms with van der Waals surface area (Å²) in [6, 6.07) is 13.1. The summed E-state index contributed by atoms with van der Waals surface area (Å²) in [5, 5.41) is 3.36. The molecule has 33 heavy (non-hydrogen) atoms. The smallest absolute Gasteiger partial charge is 0.244 e. The third-order valence-corrected chi connectivity index (χ3v) is 7.13. The van der Waals surface area contributed by atoms with Gasteiger partial charge < -0.3 is 10.2 Å². The molecule has 7 nitrogen and oxygen atoms in total. The first kappa shape index (κ1) is 27.4. The summed E-state index contributed by atoms with van der Waals surface area (Å²) in [5.41, 5.74) is 1.12. The molecule has 0 spiro atoms. The molecule has 0 aromatic heterocycles. The fourth-order valence-electron chi connectivity index (χ4n) is 3.17. The number of carbonyl (C=O) groups excluding carboxylic acids is 2. The van der Waals surface area contributed by atoms with E-state index in [1.807, 2.05) is 6.92 Å². The number of amides is 2. The van der Waals surface area contributed by atoms with E-state index in [4.69, 9.17) is 11.6 Å². The molecule has 2 aromatic rings. The first-order valence-electron chi connectivity index (χ1n) is 10.6. The number of nitrogens with zero attached hydrogens (tertiary/aromatic N) is 2. The SMILES string of the molecule is CCCCNC(=O)C(C)N(Cc1cccc(Cl)c1)C(=O)CN(c1ccc(I)cc1)S(C)(=O)=O. The second kappa shape index (κ2) is 12.6. The van der Waals surface area contributed by atoms with Crippen LogP contribution in [-0.4, -0.2) is 50.5 Å². The molecule has 0 radical (unpaired) electrons. The van der Waals surface area contributed by atoms with Crippen LogP contribution in [0.2, 0.25) is 5.02 Å². The number of hydrogen-bond acceptors (Lipinski definition) is 4. The maximum absolute atomic E-state index is 13.4. The minimum Gasteiger partial charge on any atom is -0.354 e. The number of rotatable bonds is 11. The van der Waals surface area contributed by atoms with Crippen molar-refractivity contribution in [3.05, 3.63) is 62.7 Å². The lowest BCUT2D eigenvalue weighted by molar-refractivity contribution is -0.139. The number of hydrogen-bond donors (Lipinski definition) is 1. The lowest BCUT2D eigenvalue weighted by Gasteiger charge is -2.31. The van der Waals surface area contributed by atoms with Gasteiger partial charge in [0, 0.05) is 21.7 Å². The molecule has 1 atom stereocenters. The molecular formula is C23H29ClIN3O4S. The molecule has 0 saturated carbocycles. The predicted octanol–water partition coefficient (Wildman–Crippen LogP) is 4.04. The van der Waals surface area contributed by atoms with Crippen molar-refractivity contribution >= 4 is 61.7 Å². The number of benzene rings is 2. The topological polar surface area (TPSA) is 86.8 Å². The van der Waals surface area contributed by atoms with Crippen molar-refractivity contribution < 1.29 is 18.0 Å². The zero-order valence-electron chi connectivity index (χ0n) is 18.9. The van der Waals surface area contributed by atoms with Gasteiger partial charge in [-0.3, -0.25) is 13.9 Å². The zero-order valence-corrected chi connectivity index (χ0v) is 22.7. The van der Waals surface area contributed by atoms with E-state index in [-0.39, 0.29) is 12.5 Å². The maximum Gasteiger partial charge on any atom is 0.244 e. The molecule has 10 heteroatoms. The lowest BCUT2D eigenvalue weighted by Crippen LogP contribution is -2.51. The number of unbranched alkanes of at least 4 members (excludes halogenated alkanes) is 1. The van der Waals surface area contributed by atoms with Crippen LogP contribution in [-0.2, 0) is 26.2 Å². The monoisotopic (exact) mass is 605 g/mol. The molecule has 1 unspecified atom stereocenters. The van der Waals surface area contributed by atoms with Crippen LogP contribution in [0.4, 0.5) is 5.69 Å². The molecule has 2 aromatic carbocycles. The van der Waals surface area contributed by atoms with E-state index in [1.54, 1.807) is 55.5 Å². The van der Waals surface area contributed by atoms with Crippen LogP contribution >= 0.6 is 34.2 Å². The minimum atomic E-state index is -3.74. The van der Waals surface area contributed by atoms with E-state index in [0.29, 0.717) is 17.3 Å². The third-order valence-electron chi connectivity index (χ3n) is 5.03. The summed E-state index contributed by atoms with van der Waals surface area (Å²) < 4.78 is 27.0. The molecule has 0 fully saturated rings. The largest absolute Gasteiger partial charge is 0.354 e. The Labute approximate surface area is 214 Å². The Morgan fingerprint density at radius 1 is 1.15 bits per heavy atom. The Kier molecular flexibility index (Phi) is 10.4. The highest BCUT2D eigenvalue weighted by Crippen LogP contribution is 2.21. The van der Waals surface area contributed by atoms with Crippen LogP contribution < -0.4 is 9.62 Å². The van der Waals surface area contributed by atoms with Crippen molar-refractivity contribution in [2.45, 2.75) is 39.3 Å². The van der Waals surface area contributed by atoms with Crippen molar-refractivity contribution in [2.24, 2.45) is 0 Å². The highest BCUT2D eigenvalue weighted by Gasteiger charge is 2.30. The van der Waals surface area contributed by atoms with E-state index >= 15 is 0 Å². The van der Waals surface area contributed by atoms with Crippen molar-refractivity contribution in [2.75, 3.05) is 23.7 Å². The van der Waals surface area contributed by atoms with Crippen LogP contribution in [0.15, 0.2) is 48.5 Å². The van der Waals surface area contributed by atoms with Gasteiger partial charge in [0.2, 0.25) is 21.8 Å². The van der Waals surface area contributed by atoms with Crippen molar-refractivity contribution in [1.29, 1.82) is 0 Å². The highest BCUT2D eigenvalue weighted by atomic mass is 127.